The number of fused-ring (bicyclic) bond motifs is 1. The van der Waals surface area contributed by atoms with Gasteiger partial charge in [0.05, 0.1) is 11.4 Å². The van der Waals surface area contributed by atoms with Gasteiger partial charge in [-0.3, -0.25) is 9.79 Å². The van der Waals surface area contributed by atoms with E-state index < -0.39 is 11.5 Å². The molecule has 1 aromatic carbocycles. The molecule has 0 unspecified atom stereocenters. The Balaban J connectivity index is 1.68. The van der Waals surface area contributed by atoms with Crippen LogP contribution in [0, 0.1) is 12.7 Å². The van der Waals surface area contributed by atoms with Crippen molar-refractivity contribution in [3.63, 3.8) is 0 Å². The third kappa shape index (κ3) is 4.07. The Hall–Kier alpha value is -3.13. The summed E-state index contributed by atoms with van der Waals surface area (Å²) in [6, 6.07) is 6.59. The van der Waals surface area contributed by atoms with Crippen molar-refractivity contribution in [1.29, 1.82) is 0 Å². The molecular weight excluding hydrogens is 400 g/mol. The zero-order valence-corrected chi connectivity index (χ0v) is 17.8. The van der Waals surface area contributed by atoms with Crippen LogP contribution in [0.5, 0.6) is 0 Å². The van der Waals surface area contributed by atoms with Crippen molar-refractivity contribution in [3.8, 4) is 11.1 Å². The topological polar surface area (TPSA) is 62.0 Å². The number of anilines is 1. The molecular formula is C23H25F2N5O. The van der Waals surface area contributed by atoms with E-state index in [9.17, 15) is 4.79 Å². The number of amidine groups is 1. The number of rotatable bonds is 4. The van der Waals surface area contributed by atoms with E-state index >= 15 is 8.78 Å². The predicted molar refractivity (Wildman–Crippen MR) is 118 cm³/mol. The van der Waals surface area contributed by atoms with Crippen LogP contribution in [-0.4, -0.2) is 59.3 Å². The first-order valence-corrected chi connectivity index (χ1v) is 10.2. The molecule has 1 fully saturated rings. The monoisotopic (exact) mass is 425 g/mol. The van der Waals surface area contributed by atoms with Gasteiger partial charge in [0.2, 0.25) is 0 Å². The standard InChI is InChI=1S/C23H25F2N5O/c1-15-12-30-13-16(4-5-20(30)27-15)17-10-18(14-31)21(19(24)11-17)28-22(26-2)23(25)6-8-29(3)9-7-23/h4-5,10-14H,6-9H2,1-3H3,(H,26,28). The van der Waals surface area contributed by atoms with Crippen molar-refractivity contribution in [1.82, 2.24) is 14.3 Å². The van der Waals surface area contributed by atoms with Gasteiger partial charge in [0, 0.05) is 50.9 Å². The van der Waals surface area contributed by atoms with E-state index in [0.717, 1.165) is 16.9 Å². The highest BCUT2D eigenvalue weighted by Crippen LogP contribution is 2.32. The number of aliphatic imine (C=N–C) groups is 1. The molecule has 0 saturated carbocycles. The van der Waals surface area contributed by atoms with E-state index in [1.54, 1.807) is 6.07 Å². The number of benzene rings is 1. The van der Waals surface area contributed by atoms with E-state index in [0.29, 0.717) is 24.9 Å². The minimum Gasteiger partial charge on any atom is -0.338 e. The lowest BCUT2D eigenvalue weighted by Crippen LogP contribution is -2.48. The van der Waals surface area contributed by atoms with Gasteiger partial charge < -0.3 is 14.6 Å². The second kappa shape index (κ2) is 8.19. The number of carbonyl (C=O) groups is 1. The van der Waals surface area contributed by atoms with Gasteiger partial charge in [0.25, 0.3) is 0 Å². The van der Waals surface area contributed by atoms with Crippen LogP contribution in [0.4, 0.5) is 14.5 Å². The molecule has 0 bridgehead atoms. The molecule has 3 heterocycles. The average Bonchev–Trinajstić information content (AvgIpc) is 3.13. The van der Waals surface area contributed by atoms with Crippen molar-refractivity contribution in [2.24, 2.45) is 4.99 Å². The molecule has 0 aliphatic carbocycles. The summed E-state index contributed by atoms with van der Waals surface area (Å²) >= 11 is 0. The number of halogens is 2. The van der Waals surface area contributed by atoms with Crippen molar-refractivity contribution in [3.05, 3.63) is 53.7 Å². The molecule has 8 heteroatoms. The Labute approximate surface area is 179 Å². The molecule has 1 aliphatic rings. The zero-order chi connectivity index (χ0) is 22.2. The van der Waals surface area contributed by atoms with Crippen LogP contribution in [0.3, 0.4) is 0 Å². The van der Waals surface area contributed by atoms with Crippen LogP contribution in [-0.2, 0) is 0 Å². The molecule has 0 amide bonds. The van der Waals surface area contributed by atoms with Gasteiger partial charge in [-0.2, -0.15) is 0 Å². The van der Waals surface area contributed by atoms with E-state index in [1.165, 1.54) is 13.1 Å². The van der Waals surface area contributed by atoms with E-state index in [1.807, 2.05) is 47.8 Å². The largest absolute Gasteiger partial charge is 0.338 e. The minimum atomic E-state index is -1.68. The lowest BCUT2D eigenvalue weighted by atomic mass is 9.91. The Morgan fingerprint density at radius 1 is 1.23 bits per heavy atom. The summed E-state index contributed by atoms with van der Waals surface area (Å²) in [4.78, 5) is 22.3. The fourth-order valence-corrected chi connectivity index (χ4v) is 4.01. The van der Waals surface area contributed by atoms with Gasteiger partial charge in [0.1, 0.15) is 17.3 Å². The molecule has 2 aromatic heterocycles. The molecule has 4 rings (SSSR count). The number of carbonyl (C=O) groups excluding carboxylic acids is 1. The van der Waals surface area contributed by atoms with Gasteiger partial charge in [-0.15, -0.1) is 0 Å². The normalized spacial score (nSPS) is 17.1. The summed E-state index contributed by atoms with van der Waals surface area (Å²) in [6.45, 7) is 3.05. The average molecular weight is 425 g/mol. The highest BCUT2D eigenvalue weighted by atomic mass is 19.1. The molecule has 0 atom stereocenters. The third-order valence-corrected chi connectivity index (χ3v) is 5.82. The second-order valence-corrected chi connectivity index (χ2v) is 8.07. The molecule has 6 nitrogen and oxygen atoms in total. The maximum absolute atomic E-state index is 15.5. The SMILES string of the molecule is CN=C(Nc1c(F)cc(-c2ccc3nc(C)cn3c2)cc1C=O)C1(F)CCN(C)CC1. The molecule has 1 aliphatic heterocycles. The van der Waals surface area contributed by atoms with Crippen molar-refractivity contribution >= 4 is 23.5 Å². The number of hydrogen-bond acceptors (Lipinski definition) is 4. The number of hydrogen-bond donors (Lipinski definition) is 1. The van der Waals surface area contributed by atoms with E-state index in [-0.39, 0.29) is 29.9 Å². The highest BCUT2D eigenvalue weighted by molar-refractivity contribution is 6.05. The lowest BCUT2D eigenvalue weighted by molar-refractivity contribution is 0.112. The van der Waals surface area contributed by atoms with E-state index in [4.69, 9.17) is 0 Å². The molecule has 162 valence electrons. The number of alkyl halides is 1. The summed E-state index contributed by atoms with van der Waals surface area (Å²) < 4.78 is 32.5. The quantitative estimate of drug-likeness (QED) is 0.388. The second-order valence-electron chi connectivity index (χ2n) is 8.07. The Kier molecular flexibility index (Phi) is 5.58. The molecule has 1 saturated heterocycles. The van der Waals surface area contributed by atoms with Crippen LogP contribution in [0.15, 0.2) is 41.7 Å². The maximum atomic E-state index is 15.5. The number of likely N-dealkylation sites (tertiary alicyclic amines) is 1. The number of piperidine rings is 1. The Morgan fingerprint density at radius 3 is 2.65 bits per heavy atom. The molecule has 0 radical (unpaired) electrons. The van der Waals surface area contributed by atoms with Gasteiger partial charge in [-0.05, 0) is 49.4 Å². The van der Waals surface area contributed by atoms with Gasteiger partial charge in [-0.1, -0.05) is 0 Å². The summed E-state index contributed by atoms with van der Waals surface area (Å²) in [7, 11) is 3.40. The number of imidazole rings is 1. The molecule has 0 spiro atoms. The third-order valence-electron chi connectivity index (χ3n) is 5.82. The predicted octanol–water partition coefficient (Wildman–Crippen LogP) is 4.14. The smallest absolute Gasteiger partial charge is 0.170 e. The first-order valence-electron chi connectivity index (χ1n) is 10.2. The summed E-state index contributed by atoms with van der Waals surface area (Å²) in [5.41, 5.74) is 1.30. The van der Waals surface area contributed by atoms with Gasteiger partial charge >= 0.3 is 0 Å². The van der Waals surface area contributed by atoms with Crippen molar-refractivity contribution in [2.45, 2.75) is 25.4 Å². The molecule has 3 aromatic rings. The lowest BCUT2D eigenvalue weighted by Gasteiger charge is -2.35. The summed E-state index contributed by atoms with van der Waals surface area (Å²) in [6.07, 6.45) is 4.78. The summed E-state index contributed by atoms with van der Waals surface area (Å²) in [5.74, 6) is -0.593. The van der Waals surface area contributed by atoms with Gasteiger partial charge in [-0.25, -0.2) is 13.8 Å². The number of aldehydes is 1. The maximum Gasteiger partial charge on any atom is 0.170 e. The van der Waals surface area contributed by atoms with Crippen molar-refractivity contribution < 1.29 is 13.6 Å². The number of nitrogens with one attached hydrogen (secondary N) is 1. The van der Waals surface area contributed by atoms with Crippen LogP contribution in [0.2, 0.25) is 0 Å². The number of aryl methyl sites for hydroxylation is 1. The van der Waals surface area contributed by atoms with Crippen LogP contribution in [0.25, 0.3) is 16.8 Å². The Bertz CT molecular complexity index is 1160. The molecule has 31 heavy (non-hydrogen) atoms. The number of aromatic nitrogens is 2. The first-order chi connectivity index (χ1) is 14.8. The molecule has 1 N–H and O–H groups in total. The summed E-state index contributed by atoms with van der Waals surface area (Å²) in [5, 5.41) is 2.79. The first kappa shape index (κ1) is 21.1. The van der Waals surface area contributed by atoms with Crippen LogP contribution in [0.1, 0.15) is 28.9 Å². The van der Waals surface area contributed by atoms with Crippen LogP contribution >= 0.6 is 0 Å². The van der Waals surface area contributed by atoms with Crippen molar-refractivity contribution in [2.75, 3.05) is 32.5 Å². The van der Waals surface area contributed by atoms with E-state index in [2.05, 4.69) is 15.3 Å². The Morgan fingerprint density at radius 2 is 1.97 bits per heavy atom. The van der Waals surface area contributed by atoms with Crippen LogP contribution < -0.4 is 5.32 Å². The highest BCUT2D eigenvalue weighted by Gasteiger charge is 2.39. The van der Waals surface area contributed by atoms with Gasteiger partial charge in [0.15, 0.2) is 12.0 Å². The fourth-order valence-electron chi connectivity index (χ4n) is 4.01. The minimum absolute atomic E-state index is 0.0469. The zero-order valence-electron chi connectivity index (χ0n) is 17.8. The fraction of sp³-hybridized carbons (Fsp3) is 0.348. The number of pyridine rings is 1. The number of nitrogens with zero attached hydrogens (tertiary/aromatic N) is 4.